The normalized spacial score (nSPS) is 13.8. The summed E-state index contributed by atoms with van der Waals surface area (Å²) in [5, 5.41) is 2.77. The summed E-state index contributed by atoms with van der Waals surface area (Å²) in [6, 6.07) is 7.60. The molecule has 0 unspecified atom stereocenters. The van der Waals surface area contributed by atoms with Crippen LogP contribution >= 0.6 is 0 Å². The molecule has 1 saturated heterocycles. The van der Waals surface area contributed by atoms with E-state index in [1.54, 1.807) is 16.7 Å². The van der Waals surface area contributed by atoms with Gasteiger partial charge in [-0.2, -0.15) is 0 Å². The average Bonchev–Trinajstić information content (AvgIpc) is 2.70. The maximum atomic E-state index is 12.3. The predicted octanol–water partition coefficient (Wildman–Crippen LogP) is 2.16. The van der Waals surface area contributed by atoms with Crippen molar-refractivity contribution in [1.82, 2.24) is 9.80 Å². The Labute approximate surface area is 166 Å². The number of rotatable bonds is 7. The van der Waals surface area contributed by atoms with Gasteiger partial charge >= 0.3 is 6.09 Å². The van der Waals surface area contributed by atoms with Gasteiger partial charge in [-0.1, -0.05) is 0 Å². The second-order valence-corrected chi connectivity index (χ2v) is 6.51. The van der Waals surface area contributed by atoms with Crippen LogP contribution in [0.2, 0.25) is 0 Å². The van der Waals surface area contributed by atoms with Crippen LogP contribution in [-0.4, -0.2) is 73.6 Å². The van der Waals surface area contributed by atoms with Crippen molar-refractivity contribution >= 4 is 29.3 Å². The van der Waals surface area contributed by atoms with Crippen molar-refractivity contribution in [2.45, 2.75) is 27.2 Å². The number of piperazine rings is 1. The van der Waals surface area contributed by atoms with E-state index in [1.165, 1.54) is 0 Å². The van der Waals surface area contributed by atoms with E-state index in [-0.39, 0.29) is 24.3 Å². The van der Waals surface area contributed by atoms with Crippen LogP contribution < -0.4 is 10.2 Å². The van der Waals surface area contributed by atoms with Gasteiger partial charge in [-0.05, 0) is 45.0 Å². The quantitative estimate of drug-likeness (QED) is 0.722. The van der Waals surface area contributed by atoms with Crippen LogP contribution in [0.1, 0.15) is 27.2 Å². The molecule has 28 heavy (non-hydrogen) atoms. The molecule has 3 amide bonds. The van der Waals surface area contributed by atoms with Crippen molar-refractivity contribution in [2.75, 3.05) is 56.1 Å². The zero-order valence-corrected chi connectivity index (χ0v) is 16.9. The highest BCUT2D eigenvalue weighted by Crippen LogP contribution is 2.18. The lowest BCUT2D eigenvalue weighted by Crippen LogP contribution is -2.51. The first-order valence-corrected chi connectivity index (χ1v) is 9.82. The molecule has 0 bridgehead atoms. The van der Waals surface area contributed by atoms with E-state index in [9.17, 15) is 14.4 Å². The lowest BCUT2D eigenvalue weighted by Gasteiger charge is -2.34. The molecule has 1 aliphatic rings. The second-order valence-electron chi connectivity index (χ2n) is 6.51. The molecule has 1 heterocycles. The van der Waals surface area contributed by atoms with E-state index < -0.39 is 0 Å². The molecule has 0 saturated carbocycles. The molecule has 0 radical (unpaired) electrons. The first kappa shape index (κ1) is 21.5. The maximum Gasteiger partial charge on any atom is 0.409 e. The Morgan fingerprint density at radius 3 is 2.07 bits per heavy atom. The van der Waals surface area contributed by atoms with Crippen molar-refractivity contribution in [3.8, 4) is 0 Å². The Bertz CT molecular complexity index is 665. The number of hydrogen-bond acceptors (Lipinski definition) is 5. The van der Waals surface area contributed by atoms with Crippen molar-refractivity contribution in [3.05, 3.63) is 24.3 Å². The molecule has 8 heteroatoms. The number of anilines is 2. The van der Waals surface area contributed by atoms with E-state index in [0.29, 0.717) is 38.5 Å². The van der Waals surface area contributed by atoms with E-state index in [1.807, 2.05) is 24.3 Å². The van der Waals surface area contributed by atoms with E-state index in [0.717, 1.165) is 18.8 Å². The van der Waals surface area contributed by atoms with Crippen LogP contribution in [0.4, 0.5) is 16.2 Å². The summed E-state index contributed by atoms with van der Waals surface area (Å²) in [7, 11) is 0. The summed E-state index contributed by atoms with van der Waals surface area (Å²) in [6.45, 7) is 9.75. The molecule has 1 N–H and O–H groups in total. The Morgan fingerprint density at radius 2 is 1.54 bits per heavy atom. The van der Waals surface area contributed by atoms with Crippen molar-refractivity contribution in [1.29, 1.82) is 0 Å². The number of amides is 3. The van der Waals surface area contributed by atoms with E-state index >= 15 is 0 Å². The molecule has 0 aromatic heterocycles. The van der Waals surface area contributed by atoms with Crippen molar-refractivity contribution in [3.63, 3.8) is 0 Å². The fraction of sp³-hybridized carbons (Fsp3) is 0.550. The van der Waals surface area contributed by atoms with Crippen molar-refractivity contribution in [2.24, 2.45) is 0 Å². The minimum atomic E-state index is -0.361. The molecule has 0 atom stereocenters. The zero-order valence-electron chi connectivity index (χ0n) is 16.9. The predicted molar refractivity (Wildman–Crippen MR) is 108 cm³/mol. The van der Waals surface area contributed by atoms with Gasteiger partial charge in [0.15, 0.2) is 0 Å². The molecule has 0 spiro atoms. The molecule has 2 rings (SSSR count). The molecule has 154 valence electrons. The van der Waals surface area contributed by atoms with Crippen LogP contribution in [0.5, 0.6) is 0 Å². The minimum Gasteiger partial charge on any atom is -0.450 e. The van der Waals surface area contributed by atoms with Crippen LogP contribution in [-0.2, 0) is 14.3 Å². The minimum absolute atomic E-state index is 0.211. The highest BCUT2D eigenvalue weighted by Gasteiger charge is 2.25. The number of ether oxygens (including phenoxy) is 1. The second kappa shape index (κ2) is 10.5. The lowest BCUT2D eigenvalue weighted by molar-refractivity contribution is -0.135. The number of carbonyl (C=O) groups is 3. The van der Waals surface area contributed by atoms with Gasteiger partial charge in [0.05, 0.1) is 6.61 Å². The largest absolute Gasteiger partial charge is 0.450 e. The first-order valence-electron chi connectivity index (χ1n) is 9.82. The standard InChI is InChI=1S/C20H30N4O4/c1-4-22(5-2)17-9-7-16(8-10-17)21-18(25)15-19(26)23-11-13-24(14-12-23)20(27)28-6-3/h7-10H,4-6,11-15H2,1-3H3,(H,21,25). The van der Waals surface area contributed by atoms with Gasteiger partial charge in [0.25, 0.3) is 0 Å². The maximum absolute atomic E-state index is 12.3. The van der Waals surface area contributed by atoms with Crippen LogP contribution in [0.3, 0.4) is 0 Å². The number of carbonyl (C=O) groups excluding carboxylic acids is 3. The van der Waals surface area contributed by atoms with Gasteiger partial charge in [0.1, 0.15) is 6.42 Å². The third-order valence-corrected chi connectivity index (χ3v) is 4.75. The van der Waals surface area contributed by atoms with Crippen molar-refractivity contribution < 1.29 is 19.1 Å². The smallest absolute Gasteiger partial charge is 0.409 e. The fourth-order valence-corrected chi connectivity index (χ4v) is 3.15. The molecular formula is C20H30N4O4. The monoisotopic (exact) mass is 390 g/mol. The van der Waals surface area contributed by atoms with E-state index in [4.69, 9.17) is 4.74 Å². The molecular weight excluding hydrogens is 360 g/mol. The summed E-state index contributed by atoms with van der Waals surface area (Å²) in [5.41, 5.74) is 1.76. The highest BCUT2D eigenvalue weighted by molar-refractivity contribution is 6.03. The van der Waals surface area contributed by atoms with Gasteiger partial charge in [-0.3, -0.25) is 9.59 Å². The number of benzene rings is 1. The average molecular weight is 390 g/mol. The Hall–Kier alpha value is -2.77. The molecule has 1 aliphatic heterocycles. The highest BCUT2D eigenvalue weighted by atomic mass is 16.6. The molecule has 0 aliphatic carbocycles. The number of nitrogens with one attached hydrogen (secondary N) is 1. The SMILES string of the molecule is CCOC(=O)N1CCN(C(=O)CC(=O)Nc2ccc(N(CC)CC)cc2)CC1. The molecule has 1 aromatic rings. The summed E-state index contributed by atoms with van der Waals surface area (Å²) in [6.07, 6.45) is -0.572. The summed E-state index contributed by atoms with van der Waals surface area (Å²) >= 11 is 0. The molecule has 1 aromatic carbocycles. The van der Waals surface area contributed by atoms with Gasteiger partial charge < -0.3 is 24.8 Å². The molecule has 1 fully saturated rings. The number of hydrogen-bond donors (Lipinski definition) is 1. The summed E-state index contributed by atoms with van der Waals surface area (Å²) < 4.78 is 4.96. The third kappa shape index (κ3) is 5.87. The van der Waals surface area contributed by atoms with Gasteiger partial charge in [0, 0.05) is 50.6 Å². The topological polar surface area (TPSA) is 82.2 Å². The Kier molecular flexibility index (Phi) is 8.10. The lowest BCUT2D eigenvalue weighted by atomic mass is 10.2. The van der Waals surface area contributed by atoms with Crippen LogP contribution in [0.25, 0.3) is 0 Å². The Morgan fingerprint density at radius 1 is 0.964 bits per heavy atom. The first-order chi connectivity index (χ1) is 13.5. The Balaban J connectivity index is 1.80. The van der Waals surface area contributed by atoms with Gasteiger partial charge in [0.2, 0.25) is 11.8 Å². The molecule has 8 nitrogen and oxygen atoms in total. The summed E-state index contributed by atoms with van der Waals surface area (Å²) in [5.74, 6) is -0.575. The van der Waals surface area contributed by atoms with Gasteiger partial charge in [-0.15, -0.1) is 0 Å². The fourth-order valence-electron chi connectivity index (χ4n) is 3.15. The number of nitrogens with zero attached hydrogens (tertiary/aromatic N) is 3. The summed E-state index contributed by atoms with van der Waals surface area (Å²) in [4.78, 5) is 41.6. The van der Waals surface area contributed by atoms with Gasteiger partial charge in [-0.25, -0.2) is 4.79 Å². The zero-order chi connectivity index (χ0) is 20.5. The van der Waals surface area contributed by atoms with E-state index in [2.05, 4.69) is 24.1 Å². The third-order valence-electron chi connectivity index (χ3n) is 4.75. The van der Waals surface area contributed by atoms with Crippen LogP contribution in [0.15, 0.2) is 24.3 Å². The van der Waals surface area contributed by atoms with Crippen LogP contribution in [0, 0.1) is 0 Å².